The van der Waals surface area contributed by atoms with Crippen molar-refractivity contribution in [3.63, 3.8) is 0 Å². The number of amides is 3. The van der Waals surface area contributed by atoms with E-state index in [2.05, 4.69) is 21.5 Å². The molecule has 4 N–H and O–H groups in total. The molecule has 0 atom stereocenters. The fourth-order valence-corrected chi connectivity index (χ4v) is 2.84. The van der Waals surface area contributed by atoms with Crippen LogP contribution in [0.15, 0.2) is 42.5 Å². The second-order valence-electron chi connectivity index (χ2n) is 6.64. The summed E-state index contributed by atoms with van der Waals surface area (Å²) >= 11 is 10.9. The standard InChI is InChI=1S/C21H23ClN4O4S/c1-13-7-8-16(14(2)11-13)23-18(27)9-10-19(28)25-26-21(31)24-20(29)12-30-17-6-4-3-5-15(17)22/h3-8,11H,9-10,12H2,1-2H3,(H,23,27)(H,25,28)(H2,24,26,29,31). The fraction of sp³-hybridized carbons (Fsp3) is 0.238. The molecule has 0 aliphatic rings. The highest BCUT2D eigenvalue weighted by Gasteiger charge is 2.11. The van der Waals surface area contributed by atoms with E-state index >= 15 is 0 Å². The predicted octanol–water partition coefficient (Wildman–Crippen LogP) is 2.78. The molecular formula is C21H23ClN4O4S. The van der Waals surface area contributed by atoms with E-state index in [-0.39, 0.29) is 30.5 Å². The maximum absolute atomic E-state index is 12.0. The molecule has 2 aromatic carbocycles. The van der Waals surface area contributed by atoms with Crippen LogP contribution in [0.4, 0.5) is 5.69 Å². The lowest BCUT2D eigenvalue weighted by Crippen LogP contribution is -2.49. The van der Waals surface area contributed by atoms with Crippen LogP contribution in [0.3, 0.4) is 0 Å². The first kappa shape index (κ1) is 24.1. The molecular weight excluding hydrogens is 440 g/mol. The Morgan fingerprint density at radius 2 is 1.68 bits per heavy atom. The maximum Gasteiger partial charge on any atom is 0.264 e. The van der Waals surface area contributed by atoms with Crippen LogP contribution < -0.4 is 26.2 Å². The summed E-state index contributed by atoms with van der Waals surface area (Å²) in [7, 11) is 0. The summed E-state index contributed by atoms with van der Waals surface area (Å²) in [5.74, 6) is -0.903. The van der Waals surface area contributed by atoms with E-state index in [4.69, 9.17) is 28.6 Å². The van der Waals surface area contributed by atoms with Crippen LogP contribution in [-0.4, -0.2) is 29.4 Å². The first-order valence-corrected chi connectivity index (χ1v) is 10.2. The van der Waals surface area contributed by atoms with E-state index in [0.29, 0.717) is 16.5 Å². The highest BCUT2D eigenvalue weighted by Crippen LogP contribution is 2.22. The maximum atomic E-state index is 12.0. The van der Waals surface area contributed by atoms with Gasteiger partial charge in [-0.1, -0.05) is 41.4 Å². The Morgan fingerprint density at radius 3 is 2.39 bits per heavy atom. The Labute approximate surface area is 190 Å². The highest BCUT2D eigenvalue weighted by molar-refractivity contribution is 7.80. The van der Waals surface area contributed by atoms with E-state index in [0.717, 1.165) is 11.1 Å². The Balaban J connectivity index is 1.64. The third kappa shape index (κ3) is 8.61. The van der Waals surface area contributed by atoms with Crippen LogP contribution in [0.5, 0.6) is 5.75 Å². The van der Waals surface area contributed by atoms with E-state index in [1.165, 1.54) is 0 Å². The molecule has 0 saturated heterocycles. The van der Waals surface area contributed by atoms with Gasteiger partial charge < -0.3 is 10.1 Å². The Bertz CT molecular complexity index is 984. The first-order chi connectivity index (χ1) is 14.7. The number of nitrogens with one attached hydrogen (secondary N) is 4. The van der Waals surface area contributed by atoms with Gasteiger partial charge in [-0.25, -0.2) is 0 Å². The second-order valence-corrected chi connectivity index (χ2v) is 7.45. The molecule has 8 nitrogen and oxygen atoms in total. The van der Waals surface area contributed by atoms with Crippen molar-refractivity contribution in [2.45, 2.75) is 26.7 Å². The summed E-state index contributed by atoms with van der Waals surface area (Å²) in [5.41, 5.74) is 7.47. The van der Waals surface area contributed by atoms with Crippen molar-refractivity contribution in [1.29, 1.82) is 0 Å². The average molecular weight is 463 g/mol. The lowest BCUT2D eigenvalue weighted by Gasteiger charge is -2.12. The zero-order valence-corrected chi connectivity index (χ0v) is 18.7. The summed E-state index contributed by atoms with van der Waals surface area (Å²) in [6.07, 6.45) is -0.0679. The van der Waals surface area contributed by atoms with Gasteiger partial charge in [-0.05, 0) is 49.8 Å². The van der Waals surface area contributed by atoms with Gasteiger partial charge >= 0.3 is 0 Å². The van der Waals surface area contributed by atoms with E-state index in [9.17, 15) is 14.4 Å². The van der Waals surface area contributed by atoms with Gasteiger partial charge in [-0.2, -0.15) is 0 Å². The SMILES string of the molecule is Cc1ccc(NC(=O)CCC(=O)NNC(=S)NC(=O)COc2ccccc2Cl)c(C)c1. The van der Waals surface area contributed by atoms with Crippen LogP contribution in [0.25, 0.3) is 0 Å². The molecule has 0 saturated carbocycles. The molecule has 10 heteroatoms. The smallest absolute Gasteiger partial charge is 0.264 e. The number of aryl methyl sites for hydroxylation is 2. The van der Waals surface area contributed by atoms with Crippen molar-refractivity contribution in [1.82, 2.24) is 16.2 Å². The van der Waals surface area contributed by atoms with E-state index in [1.54, 1.807) is 24.3 Å². The molecule has 0 aliphatic heterocycles. The number of rotatable bonds is 7. The third-order valence-electron chi connectivity index (χ3n) is 4.00. The molecule has 2 rings (SSSR count). The van der Waals surface area contributed by atoms with Crippen molar-refractivity contribution in [3.8, 4) is 5.75 Å². The van der Waals surface area contributed by atoms with Crippen molar-refractivity contribution in [2.24, 2.45) is 0 Å². The molecule has 0 heterocycles. The minimum absolute atomic E-state index is 0.00831. The zero-order chi connectivity index (χ0) is 22.8. The monoisotopic (exact) mass is 462 g/mol. The van der Waals surface area contributed by atoms with Crippen LogP contribution >= 0.6 is 23.8 Å². The van der Waals surface area contributed by atoms with Crippen molar-refractivity contribution in [3.05, 3.63) is 58.6 Å². The molecule has 31 heavy (non-hydrogen) atoms. The number of para-hydroxylation sites is 1. The molecule has 0 unspecified atom stereocenters. The molecule has 0 aromatic heterocycles. The first-order valence-electron chi connectivity index (χ1n) is 9.37. The number of anilines is 1. The van der Waals surface area contributed by atoms with E-state index in [1.807, 2.05) is 32.0 Å². The molecule has 0 fully saturated rings. The van der Waals surface area contributed by atoms with Crippen LogP contribution in [0, 0.1) is 13.8 Å². The molecule has 0 aliphatic carbocycles. The highest BCUT2D eigenvalue weighted by atomic mass is 35.5. The van der Waals surface area contributed by atoms with Gasteiger partial charge in [0.15, 0.2) is 11.7 Å². The van der Waals surface area contributed by atoms with Gasteiger partial charge in [-0.3, -0.25) is 30.6 Å². The van der Waals surface area contributed by atoms with Crippen LogP contribution in [0.2, 0.25) is 5.02 Å². The van der Waals surface area contributed by atoms with Crippen molar-refractivity contribution in [2.75, 3.05) is 11.9 Å². The van der Waals surface area contributed by atoms with Crippen LogP contribution in [-0.2, 0) is 14.4 Å². The van der Waals surface area contributed by atoms with Crippen LogP contribution in [0.1, 0.15) is 24.0 Å². The van der Waals surface area contributed by atoms with Gasteiger partial charge in [0, 0.05) is 18.5 Å². The number of hydrogen-bond donors (Lipinski definition) is 4. The average Bonchev–Trinajstić information content (AvgIpc) is 2.72. The Morgan fingerprint density at radius 1 is 0.968 bits per heavy atom. The van der Waals surface area contributed by atoms with Gasteiger partial charge in [0.25, 0.3) is 5.91 Å². The summed E-state index contributed by atoms with van der Waals surface area (Å²) in [5, 5.41) is 5.39. The van der Waals surface area contributed by atoms with Gasteiger partial charge in [0.05, 0.1) is 5.02 Å². The summed E-state index contributed by atoms with van der Waals surface area (Å²) in [4.78, 5) is 35.8. The number of benzene rings is 2. The number of carbonyl (C=O) groups excluding carboxylic acids is 3. The zero-order valence-electron chi connectivity index (χ0n) is 17.1. The minimum atomic E-state index is -0.528. The fourth-order valence-electron chi connectivity index (χ4n) is 2.48. The number of halogens is 1. The lowest BCUT2D eigenvalue weighted by atomic mass is 10.1. The van der Waals surface area contributed by atoms with Crippen molar-refractivity contribution >= 4 is 52.3 Å². The molecule has 3 amide bonds. The Hall–Kier alpha value is -3.17. The number of ether oxygens (including phenoxy) is 1. The van der Waals surface area contributed by atoms with Crippen molar-refractivity contribution < 1.29 is 19.1 Å². The number of hydrazine groups is 1. The normalized spacial score (nSPS) is 10.0. The number of hydrogen-bond acceptors (Lipinski definition) is 5. The van der Waals surface area contributed by atoms with Gasteiger partial charge in [0.2, 0.25) is 11.8 Å². The summed E-state index contributed by atoms with van der Waals surface area (Å²) in [6.45, 7) is 3.56. The molecule has 0 bridgehead atoms. The predicted molar refractivity (Wildman–Crippen MR) is 123 cm³/mol. The molecule has 164 valence electrons. The number of thiocarbonyl (C=S) groups is 1. The van der Waals surface area contributed by atoms with E-state index < -0.39 is 11.8 Å². The molecule has 0 radical (unpaired) electrons. The third-order valence-corrected chi connectivity index (χ3v) is 4.52. The minimum Gasteiger partial charge on any atom is -0.482 e. The number of carbonyl (C=O) groups is 3. The topological polar surface area (TPSA) is 109 Å². The van der Waals surface area contributed by atoms with Gasteiger partial charge in [-0.15, -0.1) is 0 Å². The van der Waals surface area contributed by atoms with Gasteiger partial charge in [0.1, 0.15) is 5.75 Å². The summed E-state index contributed by atoms with van der Waals surface area (Å²) in [6, 6.07) is 12.4. The largest absolute Gasteiger partial charge is 0.482 e. The molecule has 0 spiro atoms. The summed E-state index contributed by atoms with van der Waals surface area (Å²) < 4.78 is 5.29. The second kappa shape index (κ2) is 11.9. The Kier molecular flexibility index (Phi) is 9.23. The lowest BCUT2D eigenvalue weighted by molar-refractivity contribution is -0.125. The molecule has 2 aromatic rings. The quantitative estimate of drug-likeness (QED) is 0.372.